The number of fused-ring (bicyclic) bond motifs is 1. The van der Waals surface area contributed by atoms with Crippen molar-refractivity contribution in [1.82, 2.24) is 10.6 Å². The summed E-state index contributed by atoms with van der Waals surface area (Å²) < 4.78 is 0. The van der Waals surface area contributed by atoms with Crippen LogP contribution in [0.5, 0.6) is 0 Å². The molecule has 2 saturated carbocycles. The van der Waals surface area contributed by atoms with E-state index in [2.05, 4.69) is 10.6 Å². The summed E-state index contributed by atoms with van der Waals surface area (Å²) >= 11 is 0. The minimum atomic E-state index is 0.351. The van der Waals surface area contributed by atoms with E-state index in [1.807, 2.05) is 0 Å². The number of carbonyl (C=O) groups is 1. The molecule has 1 amide bonds. The fourth-order valence-electron chi connectivity index (χ4n) is 3.63. The first-order valence-electron chi connectivity index (χ1n) is 6.84. The lowest BCUT2D eigenvalue weighted by Gasteiger charge is -2.09. The maximum atomic E-state index is 12.0. The Kier molecular flexibility index (Phi) is 2.88. The summed E-state index contributed by atoms with van der Waals surface area (Å²) in [5.41, 5.74) is 0. The van der Waals surface area contributed by atoms with Crippen molar-refractivity contribution in [2.45, 2.75) is 32.1 Å². The third-order valence-electron chi connectivity index (χ3n) is 4.69. The molecule has 3 rings (SSSR count). The first-order chi connectivity index (χ1) is 7.86. The van der Waals surface area contributed by atoms with E-state index in [1.165, 1.54) is 32.1 Å². The normalized spacial score (nSPS) is 41.5. The highest BCUT2D eigenvalue weighted by Gasteiger charge is 2.54. The van der Waals surface area contributed by atoms with Gasteiger partial charge in [0.15, 0.2) is 0 Å². The van der Waals surface area contributed by atoms with Gasteiger partial charge in [0.1, 0.15) is 0 Å². The Morgan fingerprint density at radius 3 is 2.56 bits per heavy atom. The Balaban J connectivity index is 1.43. The minimum Gasteiger partial charge on any atom is -0.356 e. The zero-order valence-electron chi connectivity index (χ0n) is 9.87. The molecule has 0 bridgehead atoms. The van der Waals surface area contributed by atoms with Crippen LogP contribution < -0.4 is 10.6 Å². The van der Waals surface area contributed by atoms with Gasteiger partial charge in [-0.1, -0.05) is 12.8 Å². The number of hydrogen-bond donors (Lipinski definition) is 2. The molecule has 3 fully saturated rings. The summed E-state index contributed by atoms with van der Waals surface area (Å²) in [4.78, 5) is 12.0. The van der Waals surface area contributed by atoms with Crippen LogP contribution in [-0.4, -0.2) is 25.5 Å². The van der Waals surface area contributed by atoms with Crippen LogP contribution >= 0.6 is 0 Å². The number of carbonyl (C=O) groups excluding carboxylic acids is 1. The zero-order chi connectivity index (χ0) is 11.0. The van der Waals surface area contributed by atoms with E-state index in [4.69, 9.17) is 0 Å². The average molecular weight is 222 g/mol. The van der Waals surface area contributed by atoms with Gasteiger partial charge in [-0.15, -0.1) is 0 Å². The molecular weight excluding hydrogens is 200 g/mol. The highest BCUT2D eigenvalue weighted by atomic mass is 16.2. The molecule has 3 atom stereocenters. The fraction of sp³-hybridized carbons (Fsp3) is 0.923. The molecule has 2 N–H and O–H groups in total. The Morgan fingerprint density at radius 1 is 1.19 bits per heavy atom. The molecule has 0 radical (unpaired) electrons. The van der Waals surface area contributed by atoms with Crippen LogP contribution in [-0.2, 0) is 4.79 Å². The molecule has 1 aliphatic heterocycles. The molecular formula is C13H22N2O. The van der Waals surface area contributed by atoms with Crippen LogP contribution in [0, 0.1) is 23.7 Å². The van der Waals surface area contributed by atoms with Crippen LogP contribution in [0.4, 0.5) is 0 Å². The van der Waals surface area contributed by atoms with Crippen molar-refractivity contribution in [3.05, 3.63) is 0 Å². The lowest BCUT2D eigenvalue weighted by Crippen LogP contribution is -2.32. The monoisotopic (exact) mass is 222 g/mol. The molecule has 90 valence electrons. The van der Waals surface area contributed by atoms with Gasteiger partial charge in [-0.2, -0.15) is 0 Å². The van der Waals surface area contributed by atoms with Crippen LogP contribution in [0.3, 0.4) is 0 Å². The maximum absolute atomic E-state index is 12.0. The van der Waals surface area contributed by atoms with E-state index in [-0.39, 0.29) is 0 Å². The summed E-state index contributed by atoms with van der Waals surface area (Å²) in [6.45, 7) is 3.09. The van der Waals surface area contributed by atoms with Crippen molar-refractivity contribution in [3.8, 4) is 0 Å². The van der Waals surface area contributed by atoms with Crippen LogP contribution in [0.2, 0.25) is 0 Å². The van der Waals surface area contributed by atoms with Crippen LogP contribution in [0.25, 0.3) is 0 Å². The van der Waals surface area contributed by atoms with Crippen molar-refractivity contribution in [1.29, 1.82) is 0 Å². The van der Waals surface area contributed by atoms with Crippen molar-refractivity contribution in [3.63, 3.8) is 0 Å². The lowest BCUT2D eigenvalue weighted by molar-refractivity contribution is -0.123. The number of hydrogen-bond acceptors (Lipinski definition) is 2. The van der Waals surface area contributed by atoms with Gasteiger partial charge in [0.2, 0.25) is 5.91 Å². The summed E-state index contributed by atoms with van der Waals surface area (Å²) in [6, 6.07) is 0. The first-order valence-corrected chi connectivity index (χ1v) is 6.84. The van der Waals surface area contributed by atoms with Gasteiger partial charge in [0, 0.05) is 12.5 Å². The summed E-state index contributed by atoms with van der Waals surface area (Å²) in [7, 11) is 0. The van der Waals surface area contributed by atoms with Gasteiger partial charge in [-0.05, 0) is 50.1 Å². The van der Waals surface area contributed by atoms with Gasteiger partial charge >= 0.3 is 0 Å². The highest BCUT2D eigenvalue weighted by Crippen LogP contribution is 2.55. The highest BCUT2D eigenvalue weighted by molar-refractivity contribution is 5.82. The molecule has 0 aromatic carbocycles. The van der Waals surface area contributed by atoms with E-state index in [0.29, 0.717) is 17.7 Å². The molecule has 1 saturated heterocycles. The van der Waals surface area contributed by atoms with E-state index in [1.54, 1.807) is 0 Å². The molecule has 3 nitrogen and oxygen atoms in total. The molecule has 3 unspecified atom stereocenters. The average Bonchev–Trinajstić information content (AvgIpc) is 2.80. The second-order valence-corrected chi connectivity index (χ2v) is 5.74. The van der Waals surface area contributed by atoms with Gasteiger partial charge in [-0.25, -0.2) is 0 Å². The second-order valence-electron chi connectivity index (χ2n) is 5.74. The van der Waals surface area contributed by atoms with E-state index >= 15 is 0 Å². The molecule has 3 heteroatoms. The number of nitrogens with one attached hydrogen (secondary N) is 2. The standard InChI is InChI=1S/C13H22N2O/c16-13(15-8-9-5-6-14-7-9)12-10-3-1-2-4-11(10)12/h9-12,14H,1-8H2,(H,15,16). The Labute approximate surface area is 97.4 Å². The van der Waals surface area contributed by atoms with Gasteiger partial charge < -0.3 is 10.6 Å². The quantitative estimate of drug-likeness (QED) is 0.752. The summed E-state index contributed by atoms with van der Waals surface area (Å²) in [5.74, 6) is 2.90. The molecule has 16 heavy (non-hydrogen) atoms. The van der Waals surface area contributed by atoms with Crippen molar-refractivity contribution in [2.24, 2.45) is 23.7 Å². The van der Waals surface area contributed by atoms with Crippen molar-refractivity contribution >= 4 is 5.91 Å². The van der Waals surface area contributed by atoms with Crippen molar-refractivity contribution < 1.29 is 4.79 Å². The molecule has 1 heterocycles. The van der Waals surface area contributed by atoms with Crippen LogP contribution in [0.1, 0.15) is 32.1 Å². The zero-order valence-corrected chi connectivity index (χ0v) is 9.87. The van der Waals surface area contributed by atoms with Gasteiger partial charge in [0.05, 0.1) is 0 Å². The van der Waals surface area contributed by atoms with E-state index in [0.717, 1.165) is 31.5 Å². The first kappa shape index (κ1) is 10.6. The minimum absolute atomic E-state index is 0.351. The summed E-state index contributed by atoms with van der Waals surface area (Å²) in [5, 5.41) is 6.50. The Morgan fingerprint density at radius 2 is 1.94 bits per heavy atom. The number of amides is 1. The molecule has 0 aromatic rings. The smallest absolute Gasteiger partial charge is 0.223 e. The molecule has 0 spiro atoms. The Hall–Kier alpha value is -0.570. The SMILES string of the molecule is O=C(NCC1CCNC1)C1C2CCCCC21. The van der Waals surface area contributed by atoms with Gasteiger partial charge in [-0.3, -0.25) is 4.79 Å². The molecule has 0 aromatic heterocycles. The second kappa shape index (κ2) is 4.36. The topological polar surface area (TPSA) is 41.1 Å². The van der Waals surface area contributed by atoms with Gasteiger partial charge in [0.25, 0.3) is 0 Å². The van der Waals surface area contributed by atoms with E-state index in [9.17, 15) is 4.79 Å². The number of rotatable bonds is 3. The largest absolute Gasteiger partial charge is 0.356 e. The third-order valence-corrected chi connectivity index (χ3v) is 4.69. The van der Waals surface area contributed by atoms with E-state index < -0.39 is 0 Å². The predicted octanol–water partition coefficient (Wildman–Crippen LogP) is 1.15. The predicted molar refractivity (Wildman–Crippen MR) is 62.9 cm³/mol. The fourth-order valence-corrected chi connectivity index (χ4v) is 3.63. The lowest BCUT2D eigenvalue weighted by atomic mass is 10.0. The van der Waals surface area contributed by atoms with Crippen molar-refractivity contribution in [2.75, 3.05) is 19.6 Å². The van der Waals surface area contributed by atoms with Crippen LogP contribution in [0.15, 0.2) is 0 Å². The molecule has 3 aliphatic rings. The summed E-state index contributed by atoms with van der Waals surface area (Å²) in [6.07, 6.45) is 6.51. The third kappa shape index (κ3) is 1.97. The molecule has 2 aliphatic carbocycles. The Bertz CT molecular complexity index is 261. The maximum Gasteiger partial charge on any atom is 0.223 e.